The molecule has 13 heavy (non-hydrogen) atoms. The molecule has 0 saturated heterocycles. The second-order valence-corrected chi connectivity index (χ2v) is 3.10. The lowest BCUT2D eigenvalue weighted by Gasteiger charge is -2.02. The lowest BCUT2D eigenvalue weighted by Crippen LogP contribution is -2.03. The molecule has 4 nitrogen and oxygen atoms in total. The van der Waals surface area contributed by atoms with E-state index in [9.17, 15) is 10.1 Å². The Morgan fingerprint density at radius 1 is 1.62 bits per heavy atom. The van der Waals surface area contributed by atoms with Gasteiger partial charge in [-0.25, -0.2) is 0 Å². The molecule has 0 heterocycles. The monoisotopic (exact) mass is 196 g/mol. The van der Waals surface area contributed by atoms with Crippen molar-refractivity contribution in [1.82, 2.24) is 0 Å². The number of nitrogens with zero attached hydrogens (tertiary/aromatic N) is 1. The summed E-state index contributed by atoms with van der Waals surface area (Å²) in [6.07, 6.45) is 0. The molecular formula is C8H8N2O2S. The van der Waals surface area contributed by atoms with Crippen LogP contribution in [0.5, 0.6) is 0 Å². The van der Waals surface area contributed by atoms with Crippen molar-refractivity contribution in [1.29, 1.82) is 0 Å². The molecule has 1 aromatic carbocycles. The summed E-state index contributed by atoms with van der Waals surface area (Å²) >= 11 is 4.81. The number of benzene rings is 1. The van der Waals surface area contributed by atoms with Crippen LogP contribution in [-0.2, 0) is 0 Å². The molecule has 0 fully saturated rings. The minimum absolute atomic E-state index is 0.0567. The zero-order valence-electron chi connectivity index (χ0n) is 6.98. The average molecular weight is 196 g/mol. The number of thiocarbonyl (C=S) groups is 1. The summed E-state index contributed by atoms with van der Waals surface area (Å²) in [6.45, 7) is 1.72. The number of rotatable bonds is 2. The smallest absolute Gasteiger partial charge is 0.271 e. The Kier molecular flexibility index (Phi) is 2.92. The highest BCUT2D eigenvalue weighted by atomic mass is 32.1. The molecule has 0 saturated carbocycles. The summed E-state index contributed by atoms with van der Waals surface area (Å²) in [5, 5.41) is 13.2. The van der Waals surface area contributed by atoms with Gasteiger partial charge in [0.2, 0.25) is 0 Å². The lowest BCUT2D eigenvalue weighted by atomic mass is 10.3. The molecule has 68 valence electrons. The van der Waals surface area contributed by atoms with Crippen LogP contribution in [0.25, 0.3) is 0 Å². The molecule has 0 aliphatic rings. The van der Waals surface area contributed by atoms with Gasteiger partial charge in [-0.2, -0.15) is 0 Å². The van der Waals surface area contributed by atoms with Gasteiger partial charge in [0.05, 0.1) is 9.91 Å². The molecule has 1 aromatic rings. The zero-order chi connectivity index (χ0) is 9.84. The topological polar surface area (TPSA) is 55.2 Å². The van der Waals surface area contributed by atoms with Crippen molar-refractivity contribution in [3.8, 4) is 0 Å². The fourth-order valence-electron chi connectivity index (χ4n) is 0.900. The van der Waals surface area contributed by atoms with E-state index >= 15 is 0 Å². The van der Waals surface area contributed by atoms with Crippen LogP contribution < -0.4 is 5.32 Å². The zero-order valence-corrected chi connectivity index (χ0v) is 7.80. The third kappa shape index (κ3) is 2.79. The van der Waals surface area contributed by atoms with Crippen LogP contribution in [-0.4, -0.2) is 9.91 Å². The number of hydrogen-bond acceptors (Lipinski definition) is 3. The van der Waals surface area contributed by atoms with E-state index in [4.69, 9.17) is 12.2 Å². The first-order valence-electron chi connectivity index (χ1n) is 3.61. The number of nitro groups is 1. The van der Waals surface area contributed by atoms with Crippen molar-refractivity contribution in [3.63, 3.8) is 0 Å². The van der Waals surface area contributed by atoms with Crippen molar-refractivity contribution in [2.24, 2.45) is 0 Å². The third-order valence-electron chi connectivity index (χ3n) is 1.38. The minimum atomic E-state index is -0.441. The van der Waals surface area contributed by atoms with Gasteiger partial charge in [-0.1, -0.05) is 18.3 Å². The van der Waals surface area contributed by atoms with Crippen LogP contribution in [0.4, 0.5) is 11.4 Å². The first kappa shape index (κ1) is 9.60. The molecule has 0 unspecified atom stereocenters. The van der Waals surface area contributed by atoms with Gasteiger partial charge < -0.3 is 5.32 Å². The van der Waals surface area contributed by atoms with Gasteiger partial charge in [0.1, 0.15) is 0 Å². The normalized spacial score (nSPS) is 9.31. The molecule has 0 aliphatic heterocycles. The Labute approximate surface area is 80.7 Å². The summed E-state index contributed by atoms with van der Waals surface area (Å²) in [6, 6.07) is 6.21. The van der Waals surface area contributed by atoms with Crippen LogP contribution in [0.15, 0.2) is 24.3 Å². The summed E-state index contributed by atoms with van der Waals surface area (Å²) < 4.78 is 0. The quantitative estimate of drug-likeness (QED) is 0.448. The van der Waals surface area contributed by atoms with E-state index in [1.165, 1.54) is 12.1 Å². The van der Waals surface area contributed by atoms with Crippen LogP contribution in [0.3, 0.4) is 0 Å². The fraction of sp³-hybridized carbons (Fsp3) is 0.125. The maximum Gasteiger partial charge on any atom is 0.271 e. The number of non-ortho nitro benzene ring substituents is 1. The minimum Gasteiger partial charge on any atom is -0.350 e. The molecule has 5 heteroatoms. The van der Waals surface area contributed by atoms with Crippen molar-refractivity contribution >= 4 is 28.6 Å². The largest absolute Gasteiger partial charge is 0.350 e. The molecule has 0 radical (unpaired) electrons. The number of nitrogens with one attached hydrogen (secondary N) is 1. The highest BCUT2D eigenvalue weighted by Crippen LogP contribution is 2.16. The van der Waals surface area contributed by atoms with Gasteiger partial charge in [-0.05, 0) is 13.0 Å². The third-order valence-corrected chi connectivity index (χ3v) is 1.48. The van der Waals surface area contributed by atoms with Crippen LogP contribution in [0.2, 0.25) is 0 Å². The van der Waals surface area contributed by atoms with Crippen molar-refractivity contribution in [2.75, 3.05) is 5.32 Å². The average Bonchev–Trinajstić information content (AvgIpc) is 2.03. The SMILES string of the molecule is CC(=S)Nc1cccc([N+](=O)[O-])c1. The van der Waals surface area contributed by atoms with Crippen LogP contribution in [0.1, 0.15) is 6.92 Å². The highest BCUT2D eigenvalue weighted by molar-refractivity contribution is 7.80. The molecule has 0 aromatic heterocycles. The van der Waals surface area contributed by atoms with Crippen LogP contribution >= 0.6 is 12.2 Å². The predicted molar refractivity (Wildman–Crippen MR) is 55.0 cm³/mol. The molecule has 0 amide bonds. The molecule has 0 spiro atoms. The van der Waals surface area contributed by atoms with Gasteiger partial charge in [0.15, 0.2) is 0 Å². The molecule has 1 N–H and O–H groups in total. The molecule has 0 aliphatic carbocycles. The first-order valence-corrected chi connectivity index (χ1v) is 4.02. The van der Waals surface area contributed by atoms with Gasteiger partial charge in [0, 0.05) is 17.8 Å². The van der Waals surface area contributed by atoms with Crippen molar-refractivity contribution in [3.05, 3.63) is 34.4 Å². The summed E-state index contributed by atoms with van der Waals surface area (Å²) in [5.74, 6) is 0. The van der Waals surface area contributed by atoms with Crippen LogP contribution in [0, 0.1) is 10.1 Å². The fourth-order valence-corrected chi connectivity index (χ4v) is 1.02. The number of anilines is 1. The second-order valence-electron chi connectivity index (χ2n) is 2.49. The lowest BCUT2D eigenvalue weighted by molar-refractivity contribution is -0.384. The van der Waals surface area contributed by atoms with Gasteiger partial charge in [-0.15, -0.1) is 0 Å². The Bertz CT molecular complexity index is 352. The highest BCUT2D eigenvalue weighted by Gasteiger charge is 2.04. The maximum atomic E-state index is 10.4. The van der Waals surface area contributed by atoms with Gasteiger partial charge in [0.25, 0.3) is 5.69 Å². The van der Waals surface area contributed by atoms with E-state index in [0.717, 1.165) is 0 Å². The van der Waals surface area contributed by atoms with Crippen molar-refractivity contribution < 1.29 is 4.92 Å². The Balaban J connectivity index is 2.91. The maximum absolute atomic E-state index is 10.4. The number of hydrogen-bond donors (Lipinski definition) is 1. The van der Waals surface area contributed by atoms with E-state index in [0.29, 0.717) is 10.7 Å². The van der Waals surface area contributed by atoms with E-state index in [-0.39, 0.29) is 5.69 Å². The van der Waals surface area contributed by atoms with E-state index in [1.807, 2.05) is 0 Å². The van der Waals surface area contributed by atoms with E-state index in [2.05, 4.69) is 5.32 Å². The number of nitro benzene ring substituents is 1. The Morgan fingerprint density at radius 2 is 2.31 bits per heavy atom. The predicted octanol–water partition coefficient (Wildman–Crippen LogP) is 2.35. The summed E-state index contributed by atoms with van der Waals surface area (Å²) in [7, 11) is 0. The molecule has 0 atom stereocenters. The first-order chi connectivity index (χ1) is 6.09. The second kappa shape index (κ2) is 3.95. The molecular weight excluding hydrogens is 188 g/mol. The standard InChI is InChI=1S/C8H8N2O2S/c1-6(13)9-7-3-2-4-8(5-7)10(11)12/h2-5H,1H3,(H,9,13). The Hall–Kier alpha value is -1.49. The van der Waals surface area contributed by atoms with Crippen molar-refractivity contribution in [2.45, 2.75) is 6.92 Å². The summed E-state index contributed by atoms with van der Waals surface area (Å²) in [5.41, 5.74) is 0.697. The van der Waals surface area contributed by atoms with Gasteiger partial charge in [-0.3, -0.25) is 10.1 Å². The van der Waals surface area contributed by atoms with E-state index in [1.54, 1.807) is 19.1 Å². The molecule has 1 rings (SSSR count). The van der Waals surface area contributed by atoms with Gasteiger partial charge >= 0.3 is 0 Å². The summed E-state index contributed by atoms with van der Waals surface area (Å²) in [4.78, 5) is 10.5. The van der Waals surface area contributed by atoms with E-state index < -0.39 is 4.92 Å². The molecule has 0 bridgehead atoms. The Morgan fingerprint density at radius 3 is 2.85 bits per heavy atom.